The molecule has 9 atom stereocenters. The van der Waals surface area contributed by atoms with Crippen LogP contribution in [0.1, 0.15) is 6.42 Å². The second kappa shape index (κ2) is 4.73. The van der Waals surface area contributed by atoms with Gasteiger partial charge in [-0.25, -0.2) is 0 Å². The summed E-state index contributed by atoms with van der Waals surface area (Å²) in [5, 5.41) is 26.8. The number of benzene rings is 1. The van der Waals surface area contributed by atoms with Crippen LogP contribution in [0.3, 0.4) is 0 Å². The first-order valence-electron chi connectivity index (χ1n) is 8.89. The van der Waals surface area contributed by atoms with Gasteiger partial charge in [0.15, 0.2) is 0 Å². The maximum absolute atomic E-state index is 11.3. The third-order valence-electron chi connectivity index (χ3n) is 7.73. The molecule has 1 aromatic carbocycles. The van der Waals surface area contributed by atoms with Crippen LogP contribution in [0.15, 0.2) is 23.3 Å². The molecule has 0 saturated heterocycles. The molecule has 7 rings (SSSR count). The largest absolute Gasteiger partial charge is 0.301 e. The van der Waals surface area contributed by atoms with E-state index in [4.69, 9.17) is 0 Å². The number of nitrogens with zero attached hydrogens (tertiary/aromatic N) is 3. The molecule has 0 aliphatic heterocycles. The van der Waals surface area contributed by atoms with Crippen LogP contribution in [-0.2, 0) is 0 Å². The van der Waals surface area contributed by atoms with Crippen LogP contribution >= 0.6 is 22.6 Å². The maximum atomic E-state index is 11.3. The summed E-state index contributed by atoms with van der Waals surface area (Å²) in [6.45, 7) is 0. The van der Waals surface area contributed by atoms with Crippen molar-refractivity contribution in [2.24, 2.45) is 52.4 Å². The van der Waals surface area contributed by atoms with Crippen LogP contribution in [0.25, 0.3) is 0 Å². The molecule has 0 heterocycles. The van der Waals surface area contributed by atoms with Crippen molar-refractivity contribution in [1.82, 2.24) is 0 Å². The molecular formula is C17H15IN4O4. The Kier molecular flexibility index (Phi) is 2.78. The quantitative estimate of drug-likeness (QED) is 0.316. The smallest absolute Gasteiger partial charge is 0.272 e. The Hall–Kier alpha value is -1.78. The number of rotatable bonds is 4. The average Bonchev–Trinajstić information content (AvgIpc) is 3.35. The molecule has 0 aromatic heterocycles. The number of nitro groups is 2. The number of halogens is 1. The van der Waals surface area contributed by atoms with Gasteiger partial charge in [-0.2, -0.15) is 5.10 Å². The Bertz CT molecular complexity index is 918. The average molecular weight is 466 g/mol. The van der Waals surface area contributed by atoms with Crippen molar-refractivity contribution in [3.05, 3.63) is 38.4 Å². The maximum Gasteiger partial charge on any atom is 0.301 e. The molecule has 1 N–H and O–H groups in total. The Morgan fingerprint density at radius 3 is 2.50 bits per heavy atom. The highest BCUT2D eigenvalue weighted by Crippen LogP contribution is 2.82. The van der Waals surface area contributed by atoms with Gasteiger partial charge in [-0.3, -0.25) is 25.7 Å². The first kappa shape index (κ1) is 15.3. The molecule has 0 spiro atoms. The van der Waals surface area contributed by atoms with Crippen LogP contribution in [0.4, 0.5) is 17.1 Å². The lowest BCUT2D eigenvalue weighted by atomic mass is 9.71. The van der Waals surface area contributed by atoms with E-state index in [1.54, 1.807) is 0 Å². The third-order valence-corrected chi connectivity index (χ3v) is 9.40. The van der Waals surface area contributed by atoms with Gasteiger partial charge in [0.1, 0.15) is 5.69 Å². The van der Waals surface area contributed by atoms with E-state index in [0.717, 1.165) is 45.5 Å². The van der Waals surface area contributed by atoms with E-state index < -0.39 is 9.85 Å². The Morgan fingerprint density at radius 2 is 1.81 bits per heavy atom. The topological polar surface area (TPSA) is 111 Å². The van der Waals surface area contributed by atoms with E-state index in [0.29, 0.717) is 11.8 Å². The van der Waals surface area contributed by atoms with E-state index in [2.05, 4.69) is 33.1 Å². The first-order chi connectivity index (χ1) is 12.5. The summed E-state index contributed by atoms with van der Waals surface area (Å²) in [7, 11) is 0. The van der Waals surface area contributed by atoms with Gasteiger partial charge in [-0.1, -0.05) is 22.6 Å². The second-order valence-electron chi connectivity index (χ2n) is 8.23. The fraction of sp³-hybridized carbons (Fsp3) is 0.588. The number of non-ortho nitro benzene ring substituents is 1. The molecule has 0 unspecified atom stereocenters. The van der Waals surface area contributed by atoms with Gasteiger partial charge in [0, 0.05) is 27.5 Å². The van der Waals surface area contributed by atoms with Gasteiger partial charge in [0.05, 0.1) is 15.9 Å². The zero-order valence-electron chi connectivity index (χ0n) is 13.5. The molecule has 6 fully saturated rings. The number of hydrogen-bond donors (Lipinski definition) is 1. The fourth-order valence-corrected chi connectivity index (χ4v) is 9.32. The summed E-state index contributed by atoms with van der Waals surface area (Å²) in [4.78, 5) is 20.9. The Balaban J connectivity index is 1.35. The third kappa shape index (κ3) is 1.55. The summed E-state index contributed by atoms with van der Waals surface area (Å²) in [5.74, 6) is 5.89. The molecule has 9 heteroatoms. The van der Waals surface area contributed by atoms with Crippen molar-refractivity contribution in [3.8, 4) is 0 Å². The number of nitrogens with one attached hydrogen (secondary N) is 1. The number of hydrazone groups is 1. The summed E-state index contributed by atoms with van der Waals surface area (Å²) in [6.07, 6.45) is 1.34. The van der Waals surface area contributed by atoms with Crippen LogP contribution in [0.2, 0.25) is 0 Å². The lowest BCUT2D eigenvalue weighted by Gasteiger charge is -2.32. The summed E-state index contributed by atoms with van der Waals surface area (Å²) in [5.41, 5.74) is 3.72. The highest BCUT2D eigenvalue weighted by atomic mass is 127. The van der Waals surface area contributed by atoms with Crippen molar-refractivity contribution in [2.75, 3.05) is 5.43 Å². The summed E-state index contributed by atoms with van der Waals surface area (Å²) in [6, 6.07) is 3.65. The fourth-order valence-electron chi connectivity index (χ4n) is 7.38. The Morgan fingerprint density at radius 1 is 1.04 bits per heavy atom. The van der Waals surface area contributed by atoms with Gasteiger partial charge in [-0.05, 0) is 48.0 Å². The minimum Gasteiger partial charge on any atom is -0.272 e. The zero-order chi connectivity index (χ0) is 17.9. The molecule has 1 aromatic rings. The van der Waals surface area contributed by atoms with Crippen LogP contribution in [0, 0.1) is 67.6 Å². The predicted octanol–water partition coefficient (Wildman–Crippen LogP) is 3.46. The van der Waals surface area contributed by atoms with Crippen molar-refractivity contribution in [1.29, 1.82) is 0 Å². The number of alkyl halides is 1. The van der Waals surface area contributed by atoms with Crippen molar-refractivity contribution in [2.45, 2.75) is 10.3 Å². The van der Waals surface area contributed by atoms with Gasteiger partial charge in [0.25, 0.3) is 5.69 Å². The molecule has 6 aliphatic rings. The number of nitro benzene ring substituents is 2. The van der Waals surface area contributed by atoms with Gasteiger partial charge in [0.2, 0.25) is 0 Å². The molecule has 6 bridgehead atoms. The minimum atomic E-state index is -0.626. The van der Waals surface area contributed by atoms with Crippen molar-refractivity contribution < 1.29 is 9.85 Å². The first-order valence-corrected chi connectivity index (χ1v) is 10.1. The highest BCUT2D eigenvalue weighted by Gasteiger charge is 2.82. The standard InChI is InChI=1S/C17H15IN4O4/c18-16-12-6-4-7-10(12)15-14(16)11(6)13(7)17(15)20-19-8-2-1-5(21(23)24)3-9(8)22(25)26/h1-3,6-7,10-16,19H,4H2/b20-17+/t6-,7-,10+,11+,12-,13-,14-,15+,16+/m1/s1. The molecule has 6 aliphatic carbocycles. The zero-order valence-corrected chi connectivity index (χ0v) is 15.6. The highest BCUT2D eigenvalue weighted by molar-refractivity contribution is 14.1. The Labute approximate surface area is 161 Å². The van der Waals surface area contributed by atoms with E-state index in [9.17, 15) is 20.2 Å². The van der Waals surface area contributed by atoms with Crippen LogP contribution in [0.5, 0.6) is 0 Å². The van der Waals surface area contributed by atoms with Gasteiger partial charge in [-0.15, -0.1) is 0 Å². The summed E-state index contributed by atoms with van der Waals surface area (Å²) >= 11 is 2.65. The molecule has 6 saturated carbocycles. The molecule has 0 radical (unpaired) electrons. The van der Waals surface area contributed by atoms with E-state index in [1.165, 1.54) is 24.3 Å². The number of anilines is 1. The molecule has 26 heavy (non-hydrogen) atoms. The van der Waals surface area contributed by atoms with Crippen molar-refractivity contribution in [3.63, 3.8) is 0 Å². The summed E-state index contributed by atoms with van der Waals surface area (Å²) < 4.78 is 0.758. The van der Waals surface area contributed by atoms with E-state index in [-0.39, 0.29) is 17.1 Å². The van der Waals surface area contributed by atoms with Gasteiger partial charge < -0.3 is 0 Å². The molecule has 134 valence electrons. The van der Waals surface area contributed by atoms with E-state index >= 15 is 0 Å². The molecule has 0 amide bonds. The van der Waals surface area contributed by atoms with Gasteiger partial charge >= 0.3 is 5.69 Å². The second-order valence-corrected chi connectivity index (χ2v) is 9.67. The SMILES string of the molecule is O=[N+]([O-])c1ccc(N/N=C2\[C@@H]3[C@@H]4C[C@H]5[C@H]6[C@H](I)[C@@H]([C@@H]2[C@@H]46)[C@@H]53)c([N+](=O)[O-])c1. The molecule has 8 nitrogen and oxygen atoms in total. The van der Waals surface area contributed by atoms with Crippen LogP contribution in [-0.4, -0.2) is 19.5 Å². The van der Waals surface area contributed by atoms with Crippen LogP contribution < -0.4 is 5.43 Å². The molecular weight excluding hydrogens is 451 g/mol. The normalized spacial score (nSPS) is 46.8. The monoisotopic (exact) mass is 466 g/mol. The lowest BCUT2D eigenvalue weighted by molar-refractivity contribution is -0.393. The number of hydrogen-bond acceptors (Lipinski definition) is 6. The minimum absolute atomic E-state index is 0.220. The van der Waals surface area contributed by atoms with E-state index in [1.807, 2.05) is 0 Å². The predicted molar refractivity (Wildman–Crippen MR) is 101 cm³/mol. The van der Waals surface area contributed by atoms with Crippen molar-refractivity contribution >= 4 is 45.4 Å². The lowest BCUT2D eigenvalue weighted by Crippen LogP contribution is -2.30.